The summed E-state index contributed by atoms with van der Waals surface area (Å²) < 4.78 is 21.4. The first-order chi connectivity index (χ1) is 9.04. The van der Waals surface area contributed by atoms with Gasteiger partial charge in [0.25, 0.3) is 0 Å². The number of imidazole rings is 1. The number of furan rings is 1. The van der Waals surface area contributed by atoms with Crippen LogP contribution in [0.1, 0.15) is 11.5 Å². The number of hydrogen-bond acceptors (Lipinski definition) is 2. The molecule has 0 aliphatic heterocycles. The van der Waals surface area contributed by atoms with Gasteiger partial charge in [0, 0.05) is 6.07 Å². The molecule has 6 heteroatoms. The smallest absolute Gasteiger partial charge is 0.178 e. The van der Waals surface area contributed by atoms with Gasteiger partial charge in [0.15, 0.2) is 4.77 Å². The van der Waals surface area contributed by atoms with E-state index in [1.54, 1.807) is 4.57 Å². The summed E-state index contributed by atoms with van der Waals surface area (Å²) in [6.45, 7) is 2.32. The molecule has 0 radical (unpaired) electrons. The molecule has 0 aliphatic rings. The van der Waals surface area contributed by atoms with Crippen LogP contribution in [0.3, 0.4) is 0 Å². The lowest BCUT2D eigenvalue weighted by atomic mass is 10.3. The zero-order chi connectivity index (χ0) is 13.6. The Morgan fingerprint density at radius 3 is 2.89 bits per heavy atom. The highest BCUT2D eigenvalue weighted by Crippen LogP contribution is 2.23. The zero-order valence-corrected chi connectivity index (χ0v) is 11.6. The molecular formula is C13H10ClFN2OS. The van der Waals surface area contributed by atoms with Gasteiger partial charge in [0.05, 0.1) is 22.6 Å². The number of benzene rings is 1. The molecule has 0 saturated carbocycles. The lowest BCUT2D eigenvalue weighted by molar-refractivity contribution is 0.471. The Hall–Kier alpha value is -1.59. The predicted octanol–water partition coefficient (Wildman–Crippen LogP) is 4.44. The number of aromatic nitrogens is 2. The van der Waals surface area contributed by atoms with Crippen molar-refractivity contribution in [1.29, 1.82) is 0 Å². The number of aryl methyl sites for hydroxylation is 1. The Morgan fingerprint density at radius 1 is 1.42 bits per heavy atom. The van der Waals surface area contributed by atoms with Gasteiger partial charge in [0.1, 0.15) is 17.3 Å². The third-order valence-corrected chi connectivity index (χ3v) is 3.54. The lowest BCUT2D eigenvalue weighted by Gasteiger charge is -2.02. The van der Waals surface area contributed by atoms with Crippen LogP contribution in [0.2, 0.25) is 5.02 Å². The van der Waals surface area contributed by atoms with Crippen LogP contribution in [0.25, 0.3) is 11.0 Å². The first-order valence-corrected chi connectivity index (χ1v) is 6.46. The molecule has 3 nitrogen and oxygen atoms in total. The fourth-order valence-corrected chi connectivity index (χ4v) is 2.47. The number of aromatic amines is 1. The quantitative estimate of drug-likeness (QED) is 0.709. The van der Waals surface area contributed by atoms with Crippen molar-refractivity contribution in [2.75, 3.05) is 0 Å². The van der Waals surface area contributed by atoms with Crippen molar-refractivity contribution in [2.24, 2.45) is 0 Å². The molecule has 0 unspecified atom stereocenters. The van der Waals surface area contributed by atoms with Crippen LogP contribution in [0.15, 0.2) is 28.7 Å². The fourth-order valence-electron chi connectivity index (χ4n) is 2.03. The molecule has 2 aromatic heterocycles. The van der Waals surface area contributed by atoms with Crippen molar-refractivity contribution in [3.05, 3.63) is 51.4 Å². The van der Waals surface area contributed by atoms with Gasteiger partial charge < -0.3 is 14.0 Å². The molecule has 2 heterocycles. The summed E-state index contributed by atoms with van der Waals surface area (Å²) in [7, 11) is 0. The molecule has 1 aromatic carbocycles. The second-order valence-electron chi connectivity index (χ2n) is 4.31. The van der Waals surface area contributed by atoms with Crippen molar-refractivity contribution in [3.8, 4) is 0 Å². The highest BCUT2D eigenvalue weighted by atomic mass is 35.5. The van der Waals surface area contributed by atoms with E-state index in [4.69, 9.17) is 28.2 Å². The highest BCUT2D eigenvalue weighted by Gasteiger charge is 2.10. The molecule has 0 fully saturated rings. The molecule has 0 atom stereocenters. The maximum absolute atomic E-state index is 13.6. The van der Waals surface area contributed by atoms with Crippen LogP contribution in [0.5, 0.6) is 0 Å². The van der Waals surface area contributed by atoms with Crippen LogP contribution in [-0.4, -0.2) is 9.55 Å². The van der Waals surface area contributed by atoms with Crippen LogP contribution in [0, 0.1) is 17.5 Å². The molecular weight excluding hydrogens is 287 g/mol. The third kappa shape index (κ3) is 2.19. The SMILES string of the molecule is Cc1ccc(Cn2c(=S)[nH]c3cc(Cl)c(F)cc32)o1. The van der Waals surface area contributed by atoms with Gasteiger partial charge in [-0.15, -0.1) is 0 Å². The monoisotopic (exact) mass is 296 g/mol. The molecule has 3 rings (SSSR count). The second kappa shape index (κ2) is 4.51. The van der Waals surface area contributed by atoms with Crippen molar-refractivity contribution < 1.29 is 8.81 Å². The zero-order valence-electron chi connectivity index (χ0n) is 10.0. The summed E-state index contributed by atoms with van der Waals surface area (Å²) in [4.78, 5) is 3.01. The molecule has 0 aliphatic carbocycles. The Labute approximate surface area is 118 Å². The second-order valence-corrected chi connectivity index (χ2v) is 5.11. The Balaban J connectivity index is 2.15. The molecule has 3 aromatic rings. The maximum Gasteiger partial charge on any atom is 0.178 e. The number of hydrogen-bond donors (Lipinski definition) is 1. The molecule has 19 heavy (non-hydrogen) atoms. The fraction of sp³-hybridized carbons (Fsp3) is 0.154. The number of nitrogens with one attached hydrogen (secondary N) is 1. The first-order valence-electron chi connectivity index (χ1n) is 5.67. The minimum atomic E-state index is -0.465. The number of nitrogens with zero attached hydrogens (tertiary/aromatic N) is 1. The largest absolute Gasteiger partial charge is 0.464 e. The lowest BCUT2D eigenvalue weighted by Crippen LogP contribution is -1.98. The van der Waals surface area contributed by atoms with Gasteiger partial charge in [0.2, 0.25) is 0 Å². The van der Waals surface area contributed by atoms with Gasteiger partial charge in [-0.25, -0.2) is 4.39 Å². The average Bonchev–Trinajstić information content (AvgIpc) is 2.87. The van der Waals surface area contributed by atoms with E-state index in [-0.39, 0.29) is 5.02 Å². The normalized spacial score (nSPS) is 11.3. The summed E-state index contributed by atoms with van der Waals surface area (Å²) >= 11 is 11.0. The van der Waals surface area contributed by atoms with Crippen LogP contribution in [0.4, 0.5) is 4.39 Å². The van der Waals surface area contributed by atoms with E-state index in [0.717, 1.165) is 11.5 Å². The van der Waals surface area contributed by atoms with E-state index in [0.29, 0.717) is 22.3 Å². The molecule has 1 N–H and O–H groups in total. The standard InChI is InChI=1S/C13H10ClFN2OS/c1-7-2-3-8(18-7)6-17-12-5-10(15)9(14)4-11(12)16-13(17)19/h2-5H,6H2,1H3,(H,16,19). The third-order valence-electron chi connectivity index (χ3n) is 2.93. The minimum absolute atomic E-state index is 0.0738. The molecule has 0 saturated heterocycles. The number of H-pyrrole nitrogens is 1. The molecule has 98 valence electrons. The van der Waals surface area contributed by atoms with E-state index in [1.165, 1.54) is 12.1 Å². The van der Waals surface area contributed by atoms with Crippen molar-refractivity contribution in [3.63, 3.8) is 0 Å². The summed E-state index contributed by atoms with van der Waals surface area (Å²) in [5, 5.41) is 0.0738. The van der Waals surface area contributed by atoms with Gasteiger partial charge >= 0.3 is 0 Å². The van der Waals surface area contributed by atoms with E-state index in [9.17, 15) is 4.39 Å². The van der Waals surface area contributed by atoms with E-state index < -0.39 is 5.82 Å². The van der Waals surface area contributed by atoms with Crippen molar-refractivity contribution in [1.82, 2.24) is 9.55 Å². The predicted molar refractivity (Wildman–Crippen MR) is 74.6 cm³/mol. The number of halogens is 2. The molecule has 0 spiro atoms. The summed E-state index contributed by atoms with van der Waals surface area (Å²) in [6, 6.07) is 6.67. The van der Waals surface area contributed by atoms with Gasteiger partial charge in [-0.1, -0.05) is 11.6 Å². The summed E-state index contributed by atoms with van der Waals surface area (Å²) in [6.07, 6.45) is 0. The topological polar surface area (TPSA) is 33.9 Å². The Morgan fingerprint density at radius 2 is 2.21 bits per heavy atom. The van der Waals surface area contributed by atoms with Crippen LogP contribution < -0.4 is 0 Å². The van der Waals surface area contributed by atoms with Gasteiger partial charge in [-0.2, -0.15) is 0 Å². The van der Waals surface area contributed by atoms with Crippen LogP contribution >= 0.6 is 23.8 Å². The van der Waals surface area contributed by atoms with Crippen LogP contribution in [-0.2, 0) is 6.54 Å². The Kier molecular flexibility index (Phi) is 2.95. The number of fused-ring (bicyclic) bond motifs is 1. The van der Waals surface area contributed by atoms with Crippen molar-refractivity contribution >= 4 is 34.9 Å². The van der Waals surface area contributed by atoms with Gasteiger partial charge in [-0.05, 0) is 37.3 Å². The van der Waals surface area contributed by atoms with E-state index >= 15 is 0 Å². The summed E-state index contributed by atoms with van der Waals surface area (Å²) in [5.41, 5.74) is 1.38. The summed E-state index contributed by atoms with van der Waals surface area (Å²) in [5.74, 6) is 1.13. The Bertz CT molecular complexity index is 818. The molecule has 0 amide bonds. The minimum Gasteiger partial charge on any atom is -0.464 e. The first kappa shape index (κ1) is 12.4. The number of rotatable bonds is 2. The van der Waals surface area contributed by atoms with E-state index in [1.807, 2.05) is 19.1 Å². The maximum atomic E-state index is 13.6. The average molecular weight is 297 g/mol. The highest BCUT2D eigenvalue weighted by molar-refractivity contribution is 7.71. The van der Waals surface area contributed by atoms with Crippen molar-refractivity contribution in [2.45, 2.75) is 13.5 Å². The molecule has 0 bridgehead atoms. The van der Waals surface area contributed by atoms with Gasteiger partial charge in [-0.3, -0.25) is 0 Å². The van der Waals surface area contributed by atoms with E-state index in [2.05, 4.69) is 4.98 Å².